The topological polar surface area (TPSA) is 48.1 Å². The van der Waals surface area contributed by atoms with Gasteiger partial charge in [0.2, 0.25) is 0 Å². The molecule has 2 N–H and O–H groups in total. The molecule has 0 aliphatic heterocycles. The monoisotopic (exact) mass is 385 g/mol. The standard InChI is InChI=1S/C22H31N3OS/c1-3-4-13-23-22(27)25(19-11-6-5-7-12-19)15-18-14-17-10-8-9-16(2)20(17)24-21(18)26/h8-10,14,19H,3-7,11-13,15H2,1-2H3,(H,23,27)(H,24,26). The molecule has 2 aromatic rings. The SMILES string of the molecule is CCCCNC(=S)N(Cc1cc2cccc(C)c2[nH]c1=O)C1CCCCC1. The summed E-state index contributed by atoms with van der Waals surface area (Å²) >= 11 is 5.73. The number of nitrogens with zero attached hydrogens (tertiary/aromatic N) is 1. The van der Waals surface area contributed by atoms with Crippen LogP contribution >= 0.6 is 12.2 Å². The smallest absolute Gasteiger partial charge is 0.253 e. The van der Waals surface area contributed by atoms with E-state index in [0.717, 1.165) is 59.4 Å². The van der Waals surface area contributed by atoms with Gasteiger partial charge >= 0.3 is 0 Å². The largest absolute Gasteiger partial charge is 0.363 e. The van der Waals surface area contributed by atoms with Crippen LogP contribution < -0.4 is 10.9 Å². The minimum Gasteiger partial charge on any atom is -0.363 e. The van der Waals surface area contributed by atoms with Crippen LogP contribution in [0.1, 0.15) is 63.0 Å². The maximum absolute atomic E-state index is 12.7. The van der Waals surface area contributed by atoms with Crippen molar-refractivity contribution < 1.29 is 0 Å². The highest BCUT2D eigenvalue weighted by molar-refractivity contribution is 7.80. The van der Waals surface area contributed by atoms with Gasteiger partial charge in [-0.2, -0.15) is 0 Å². The number of nitrogens with one attached hydrogen (secondary N) is 2. The number of thiocarbonyl (C=S) groups is 1. The van der Waals surface area contributed by atoms with E-state index in [0.29, 0.717) is 12.6 Å². The lowest BCUT2D eigenvalue weighted by Gasteiger charge is -2.36. The number of fused-ring (bicyclic) bond motifs is 1. The molecule has 0 radical (unpaired) electrons. The zero-order valence-electron chi connectivity index (χ0n) is 16.5. The quantitative estimate of drug-likeness (QED) is 0.561. The molecule has 1 fully saturated rings. The molecule has 1 aromatic carbocycles. The molecule has 1 aliphatic carbocycles. The number of aryl methyl sites for hydroxylation is 1. The molecule has 0 bridgehead atoms. The molecular formula is C22H31N3OS. The van der Waals surface area contributed by atoms with Crippen molar-refractivity contribution in [3.05, 3.63) is 45.7 Å². The zero-order valence-corrected chi connectivity index (χ0v) is 17.3. The van der Waals surface area contributed by atoms with E-state index >= 15 is 0 Å². The van der Waals surface area contributed by atoms with Crippen molar-refractivity contribution in [2.45, 2.75) is 71.4 Å². The van der Waals surface area contributed by atoms with Crippen LogP contribution in [0.3, 0.4) is 0 Å². The lowest BCUT2D eigenvalue weighted by atomic mass is 9.94. The molecule has 1 aromatic heterocycles. The van der Waals surface area contributed by atoms with Crippen molar-refractivity contribution in [1.82, 2.24) is 15.2 Å². The summed E-state index contributed by atoms with van der Waals surface area (Å²) in [6.07, 6.45) is 8.34. The van der Waals surface area contributed by atoms with Gasteiger partial charge in [0, 0.05) is 18.2 Å². The van der Waals surface area contributed by atoms with Crippen molar-refractivity contribution >= 4 is 28.2 Å². The first-order valence-electron chi connectivity index (χ1n) is 10.3. The van der Waals surface area contributed by atoms with Crippen LogP contribution in [0.15, 0.2) is 29.1 Å². The highest BCUT2D eigenvalue weighted by Crippen LogP contribution is 2.24. The van der Waals surface area contributed by atoms with Gasteiger partial charge in [-0.15, -0.1) is 0 Å². The fraction of sp³-hybridized carbons (Fsp3) is 0.545. The number of rotatable bonds is 6. The molecule has 0 atom stereocenters. The summed E-state index contributed by atoms with van der Waals surface area (Å²) in [6, 6.07) is 8.58. The lowest BCUT2D eigenvalue weighted by Crippen LogP contribution is -2.47. The van der Waals surface area contributed by atoms with E-state index in [1.54, 1.807) is 0 Å². The van der Waals surface area contributed by atoms with Crippen LogP contribution in [0.5, 0.6) is 0 Å². The molecule has 1 heterocycles. The predicted octanol–water partition coefficient (Wildman–Crippen LogP) is 4.65. The minimum absolute atomic E-state index is 0.00559. The van der Waals surface area contributed by atoms with Gasteiger partial charge in [0.25, 0.3) is 5.56 Å². The maximum atomic E-state index is 12.7. The summed E-state index contributed by atoms with van der Waals surface area (Å²) < 4.78 is 0. The van der Waals surface area contributed by atoms with Crippen LogP contribution in [0.2, 0.25) is 0 Å². The summed E-state index contributed by atoms with van der Waals surface area (Å²) in [5.74, 6) is 0. The second kappa shape index (κ2) is 9.36. The Morgan fingerprint density at radius 3 is 2.81 bits per heavy atom. The third-order valence-electron chi connectivity index (χ3n) is 5.59. The Morgan fingerprint density at radius 2 is 2.07 bits per heavy atom. The van der Waals surface area contributed by atoms with Gasteiger partial charge in [-0.3, -0.25) is 4.79 Å². The van der Waals surface area contributed by atoms with Gasteiger partial charge < -0.3 is 15.2 Å². The third kappa shape index (κ3) is 4.89. The van der Waals surface area contributed by atoms with Gasteiger partial charge in [0.15, 0.2) is 5.11 Å². The second-order valence-electron chi connectivity index (χ2n) is 7.67. The number of aromatic nitrogens is 1. The number of aromatic amines is 1. The molecule has 0 unspecified atom stereocenters. The Balaban J connectivity index is 1.86. The van der Waals surface area contributed by atoms with E-state index < -0.39 is 0 Å². The van der Waals surface area contributed by atoms with Gasteiger partial charge in [-0.25, -0.2) is 0 Å². The molecule has 1 saturated carbocycles. The molecule has 3 rings (SSSR count). The summed E-state index contributed by atoms with van der Waals surface area (Å²) in [7, 11) is 0. The van der Waals surface area contributed by atoms with Gasteiger partial charge in [0.05, 0.1) is 12.1 Å². The summed E-state index contributed by atoms with van der Waals surface area (Å²) in [6.45, 7) is 5.67. The lowest BCUT2D eigenvalue weighted by molar-refractivity contribution is 0.234. The summed E-state index contributed by atoms with van der Waals surface area (Å²) in [5, 5.41) is 5.28. The Kier molecular flexibility index (Phi) is 6.89. The number of pyridine rings is 1. The molecule has 146 valence electrons. The number of hydrogen-bond acceptors (Lipinski definition) is 2. The van der Waals surface area contributed by atoms with Crippen molar-refractivity contribution in [3.8, 4) is 0 Å². The first kappa shape index (κ1) is 19.9. The Hall–Kier alpha value is -1.88. The molecular weight excluding hydrogens is 354 g/mol. The average molecular weight is 386 g/mol. The Bertz CT molecular complexity index is 839. The first-order valence-corrected chi connectivity index (χ1v) is 10.7. The van der Waals surface area contributed by atoms with Crippen LogP contribution in [0.25, 0.3) is 10.9 Å². The number of H-pyrrole nitrogens is 1. The molecule has 4 nitrogen and oxygen atoms in total. The van der Waals surface area contributed by atoms with Crippen molar-refractivity contribution in [2.75, 3.05) is 6.54 Å². The molecule has 0 spiro atoms. The van der Waals surface area contributed by atoms with Crippen LogP contribution in [-0.4, -0.2) is 27.6 Å². The van der Waals surface area contributed by atoms with Crippen LogP contribution in [0.4, 0.5) is 0 Å². The number of benzene rings is 1. The fourth-order valence-electron chi connectivity index (χ4n) is 3.96. The van der Waals surface area contributed by atoms with Crippen molar-refractivity contribution in [1.29, 1.82) is 0 Å². The van der Waals surface area contributed by atoms with Gasteiger partial charge in [-0.1, -0.05) is 50.8 Å². The Labute approximate surface area is 167 Å². The van der Waals surface area contributed by atoms with E-state index in [9.17, 15) is 4.79 Å². The summed E-state index contributed by atoms with van der Waals surface area (Å²) in [4.78, 5) is 18.1. The highest BCUT2D eigenvalue weighted by atomic mass is 32.1. The van der Waals surface area contributed by atoms with E-state index in [-0.39, 0.29) is 5.56 Å². The molecule has 0 amide bonds. The number of hydrogen-bond donors (Lipinski definition) is 2. The highest BCUT2D eigenvalue weighted by Gasteiger charge is 2.24. The Morgan fingerprint density at radius 1 is 1.30 bits per heavy atom. The summed E-state index contributed by atoms with van der Waals surface area (Å²) in [5.41, 5.74) is 2.81. The van der Waals surface area contributed by atoms with E-state index in [4.69, 9.17) is 12.2 Å². The first-order chi connectivity index (χ1) is 13.1. The molecule has 0 saturated heterocycles. The van der Waals surface area contributed by atoms with E-state index in [1.165, 1.54) is 19.3 Å². The van der Waals surface area contributed by atoms with Gasteiger partial charge in [0.1, 0.15) is 0 Å². The predicted molar refractivity (Wildman–Crippen MR) is 117 cm³/mol. The third-order valence-corrected chi connectivity index (χ3v) is 5.97. The zero-order chi connectivity index (χ0) is 19.2. The number of unbranched alkanes of at least 4 members (excludes halogenated alkanes) is 1. The normalized spacial score (nSPS) is 15.0. The van der Waals surface area contributed by atoms with Crippen LogP contribution in [0, 0.1) is 6.92 Å². The molecule has 27 heavy (non-hydrogen) atoms. The van der Waals surface area contributed by atoms with Crippen LogP contribution in [-0.2, 0) is 6.54 Å². The van der Waals surface area contributed by atoms with Crippen molar-refractivity contribution in [3.63, 3.8) is 0 Å². The molecule has 1 aliphatic rings. The minimum atomic E-state index is -0.00559. The van der Waals surface area contributed by atoms with E-state index in [2.05, 4.69) is 28.2 Å². The molecule has 5 heteroatoms. The number of para-hydroxylation sites is 1. The second-order valence-corrected chi connectivity index (χ2v) is 8.05. The average Bonchev–Trinajstić information content (AvgIpc) is 2.68. The van der Waals surface area contributed by atoms with Gasteiger partial charge in [-0.05, 0) is 55.4 Å². The van der Waals surface area contributed by atoms with E-state index in [1.807, 2.05) is 25.1 Å². The van der Waals surface area contributed by atoms with Crippen molar-refractivity contribution in [2.24, 2.45) is 0 Å². The maximum Gasteiger partial charge on any atom is 0.253 e. The fourth-order valence-corrected chi connectivity index (χ4v) is 4.28.